The highest BCUT2D eigenvalue weighted by Crippen LogP contribution is 2.25. The van der Waals surface area contributed by atoms with Gasteiger partial charge in [-0.3, -0.25) is 10.1 Å². The molecule has 0 amide bonds. The maximum atomic E-state index is 12.0. The van der Waals surface area contributed by atoms with Gasteiger partial charge >= 0.3 is 5.97 Å². The van der Waals surface area contributed by atoms with Crippen molar-refractivity contribution in [2.24, 2.45) is 0 Å². The van der Waals surface area contributed by atoms with Gasteiger partial charge in [-0.2, -0.15) is 11.8 Å². The van der Waals surface area contributed by atoms with E-state index in [1.54, 1.807) is 18.9 Å². The van der Waals surface area contributed by atoms with Gasteiger partial charge in [0.05, 0.1) is 13.2 Å². The Bertz CT molecular complexity index is 246. The number of methoxy groups -OCH3 is 1. The van der Waals surface area contributed by atoms with E-state index in [0.717, 1.165) is 24.3 Å². The number of carbonyl (C=O) groups excluding carboxylic acids is 1. The molecular formula is C12H23NO3S. The minimum atomic E-state index is -0.560. The summed E-state index contributed by atoms with van der Waals surface area (Å²) in [5.41, 5.74) is -0.560. The average Bonchev–Trinajstić information content (AvgIpc) is 3.08. The number of carbonyl (C=O) groups is 1. The Balaban J connectivity index is 2.41. The molecule has 1 atom stereocenters. The van der Waals surface area contributed by atoms with Crippen LogP contribution in [0, 0.1) is 0 Å². The second-order valence-electron chi connectivity index (χ2n) is 4.52. The first kappa shape index (κ1) is 14.8. The van der Waals surface area contributed by atoms with Crippen LogP contribution < -0.4 is 5.32 Å². The molecule has 17 heavy (non-hydrogen) atoms. The van der Waals surface area contributed by atoms with Crippen LogP contribution in [0.1, 0.15) is 26.7 Å². The topological polar surface area (TPSA) is 47.6 Å². The van der Waals surface area contributed by atoms with Gasteiger partial charge in [-0.15, -0.1) is 0 Å². The fourth-order valence-corrected chi connectivity index (χ4v) is 2.58. The summed E-state index contributed by atoms with van der Waals surface area (Å²) < 4.78 is 10.1. The number of esters is 1. The molecule has 1 rings (SSSR count). The second-order valence-corrected chi connectivity index (χ2v) is 5.62. The molecule has 0 heterocycles. The van der Waals surface area contributed by atoms with Crippen molar-refractivity contribution >= 4 is 17.7 Å². The van der Waals surface area contributed by atoms with Crippen molar-refractivity contribution in [2.75, 3.05) is 31.8 Å². The molecule has 4 nitrogen and oxygen atoms in total. The first-order chi connectivity index (χ1) is 8.12. The Hall–Kier alpha value is -0.260. The molecule has 0 aromatic carbocycles. The predicted octanol–water partition coefficient (Wildman–Crippen LogP) is 1.44. The molecule has 0 bridgehead atoms. The van der Waals surface area contributed by atoms with E-state index < -0.39 is 5.54 Å². The molecule has 1 unspecified atom stereocenters. The summed E-state index contributed by atoms with van der Waals surface area (Å²) in [6.07, 6.45) is 2.33. The number of rotatable bonds is 9. The molecule has 0 aromatic heterocycles. The maximum Gasteiger partial charge on any atom is 0.326 e. The average molecular weight is 261 g/mol. The number of nitrogens with one attached hydrogen (secondary N) is 1. The highest BCUT2D eigenvalue weighted by atomic mass is 32.2. The van der Waals surface area contributed by atoms with Gasteiger partial charge in [0.25, 0.3) is 0 Å². The molecule has 5 heteroatoms. The fraction of sp³-hybridized carbons (Fsp3) is 0.917. The van der Waals surface area contributed by atoms with Crippen LogP contribution in [0.15, 0.2) is 0 Å². The molecular weight excluding hydrogens is 238 g/mol. The highest BCUT2D eigenvalue weighted by molar-refractivity contribution is 7.99. The van der Waals surface area contributed by atoms with Gasteiger partial charge in [-0.25, -0.2) is 0 Å². The van der Waals surface area contributed by atoms with E-state index in [1.807, 2.05) is 13.8 Å². The third-order valence-corrected chi connectivity index (χ3v) is 3.89. The summed E-state index contributed by atoms with van der Waals surface area (Å²) in [5, 5.41) is 3.39. The van der Waals surface area contributed by atoms with Crippen molar-refractivity contribution in [2.45, 2.75) is 38.3 Å². The zero-order valence-corrected chi connectivity index (χ0v) is 11.8. The molecule has 100 valence electrons. The lowest BCUT2D eigenvalue weighted by atomic mass is 10.1. The van der Waals surface area contributed by atoms with Crippen LogP contribution in [0.2, 0.25) is 0 Å². The van der Waals surface area contributed by atoms with E-state index in [-0.39, 0.29) is 5.97 Å². The Labute approximate surface area is 108 Å². The lowest BCUT2D eigenvalue weighted by molar-refractivity contribution is -0.149. The lowest BCUT2D eigenvalue weighted by Gasteiger charge is -2.28. The summed E-state index contributed by atoms with van der Waals surface area (Å²) in [7, 11) is 1.69. The zero-order chi connectivity index (χ0) is 12.7. The SMILES string of the molecule is CCOC(=O)C(C)(CSCCOC)NC1CC1. The molecule has 1 aliphatic carbocycles. The van der Waals surface area contributed by atoms with Crippen molar-refractivity contribution < 1.29 is 14.3 Å². The van der Waals surface area contributed by atoms with Gasteiger partial charge in [-0.1, -0.05) is 0 Å². The highest BCUT2D eigenvalue weighted by Gasteiger charge is 2.39. The molecule has 0 aromatic rings. The van der Waals surface area contributed by atoms with Crippen LogP contribution in [-0.2, 0) is 14.3 Å². The largest absolute Gasteiger partial charge is 0.465 e. The zero-order valence-electron chi connectivity index (χ0n) is 11.0. The van der Waals surface area contributed by atoms with Gasteiger partial charge in [0.2, 0.25) is 0 Å². The van der Waals surface area contributed by atoms with Gasteiger partial charge in [0, 0.05) is 24.7 Å². The predicted molar refractivity (Wildman–Crippen MR) is 70.4 cm³/mol. The first-order valence-electron chi connectivity index (χ1n) is 6.14. The quantitative estimate of drug-likeness (QED) is 0.503. The molecule has 1 fully saturated rings. The third kappa shape index (κ3) is 5.27. The minimum absolute atomic E-state index is 0.142. The first-order valence-corrected chi connectivity index (χ1v) is 7.29. The van der Waals surface area contributed by atoms with E-state index in [9.17, 15) is 4.79 Å². The lowest BCUT2D eigenvalue weighted by Crippen LogP contribution is -2.53. The maximum absolute atomic E-state index is 12.0. The van der Waals surface area contributed by atoms with Gasteiger partial charge in [0.15, 0.2) is 0 Å². The molecule has 0 spiro atoms. The summed E-state index contributed by atoms with van der Waals surface area (Å²) in [6, 6.07) is 0.493. The fourth-order valence-electron chi connectivity index (χ4n) is 1.55. The van der Waals surface area contributed by atoms with Crippen LogP contribution in [0.25, 0.3) is 0 Å². The van der Waals surface area contributed by atoms with E-state index in [4.69, 9.17) is 9.47 Å². The van der Waals surface area contributed by atoms with Gasteiger partial charge in [-0.05, 0) is 26.7 Å². The summed E-state index contributed by atoms with van der Waals surface area (Å²) >= 11 is 1.72. The molecule has 1 N–H and O–H groups in total. The number of ether oxygens (including phenoxy) is 2. The van der Waals surface area contributed by atoms with Crippen molar-refractivity contribution in [1.29, 1.82) is 0 Å². The van der Waals surface area contributed by atoms with E-state index in [1.165, 1.54) is 0 Å². The monoisotopic (exact) mass is 261 g/mol. The van der Waals surface area contributed by atoms with Gasteiger partial charge < -0.3 is 9.47 Å². The Morgan fingerprint density at radius 1 is 1.53 bits per heavy atom. The third-order valence-electron chi connectivity index (χ3n) is 2.65. The summed E-state index contributed by atoms with van der Waals surface area (Å²) in [6.45, 7) is 4.92. The van der Waals surface area contributed by atoms with Crippen molar-refractivity contribution in [3.63, 3.8) is 0 Å². The molecule has 1 saturated carbocycles. The van der Waals surface area contributed by atoms with Crippen LogP contribution in [0.5, 0.6) is 0 Å². The van der Waals surface area contributed by atoms with Crippen LogP contribution in [0.3, 0.4) is 0 Å². The Morgan fingerprint density at radius 3 is 2.76 bits per heavy atom. The van der Waals surface area contributed by atoms with Crippen molar-refractivity contribution in [3.8, 4) is 0 Å². The molecule has 0 radical (unpaired) electrons. The van der Waals surface area contributed by atoms with Gasteiger partial charge in [0.1, 0.15) is 5.54 Å². The van der Waals surface area contributed by atoms with Crippen LogP contribution in [0.4, 0.5) is 0 Å². The van der Waals surface area contributed by atoms with Crippen LogP contribution >= 0.6 is 11.8 Å². The molecule has 0 saturated heterocycles. The number of thioether (sulfide) groups is 1. The number of hydrogen-bond donors (Lipinski definition) is 1. The smallest absolute Gasteiger partial charge is 0.326 e. The number of hydrogen-bond acceptors (Lipinski definition) is 5. The molecule has 1 aliphatic rings. The van der Waals surface area contributed by atoms with E-state index in [2.05, 4.69) is 5.32 Å². The Kier molecular flexibility index (Phi) is 6.30. The minimum Gasteiger partial charge on any atom is -0.465 e. The van der Waals surface area contributed by atoms with Crippen molar-refractivity contribution in [3.05, 3.63) is 0 Å². The van der Waals surface area contributed by atoms with E-state index >= 15 is 0 Å². The van der Waals surface area contributed by atoms with E-state index in [0.29, 0.717) is 19.3 Å². The summed E-state index contributed by atoms with van der Waals surface area (Å²) in [5.74, 6) is 1.49. The standard InChI is InChI=1S/C12H23NO3S/c1-4-16-11(14)12(2,13-10-5-6-10)9-17-8-7-15-3/h10,13H,4-9H2,1-3H3. The summed E-state index contributed by atoms with van der Waals surface area (Å²) in [4.78, 5) is 12.0. The second kappa shape index (κ2) is 7.24. The van der Waals surface area contributed by atoms with Crippen LogP contribution in [-0.4, -0.2) is 49.4 Å². The molecule has 0 aliphatic heterocycles. The normalized spacial score (nSPS) is 18.8. The van der Waals surface area contributed by atoms with Crippen molar-refractivity contribution in [1.82, 2.24) is 5.32 Å². The Morgan fingerprint density at radius 2 is 2.24 bits per heavy atom.